The summed E-state index contributed by atoms with van der Waals surface area (Å²) in [6.07, 6.45) is 0.674. The van der Waals surface area contributed by atoms with Crippen molar-refractivity contribution in [2.24, 2.45) is 11.7 Å². The number of nitrogens with two attached hydrogens (primary N) is 1. The summed E-state index contributed by atoms with van der Waals surface area (Å²) in [5, 5.41) is 16.6. The molecule has 2 atom stereocenters. The molecule has 5 heteroatoms. The second-order valence-corrected chi connectivity index (χ2v) is 2.23. The lowest BCUT2D eigenvalue weighted by atomic mass is 9.99. The largest absolute Gasteiger partial charge is 1.00 e. The normalized spacial score (nSPS) is 15.5. The van der Waals surface area contributed by atoms with Gasteiger partial charge in [0.15, 0.2) is 0 Å². The molecule has 0 aromatic heterocycles. The van der Waals surface area contributed by atoms with Gasteiger partial charge in [-0.25, -0.2) is 0 Å². The molecule has 2 unspecified atom stereocenters. The third-order valence-electron chi connectivity index (χ3n) is 1.17. The molecule has 0 saturated heterocycles. The number of carboxylic acid groups (broad SMARTS) is 2. The minimum Gasteiger partial charge on any atom is -0.481 e. The molecule has 5 nitrogen and oxygen atoms in total. The van der Waals surface area contributed by atoms with E-state index >= 15 is 0 Å². The fraction of sp³-hybridized carbons (Fsp3) is 0.500. The lowest BCUT2D eigenvalue weighted by Gasteiger charge is -2.12. The summed E-state index contributed by atoms with van der Waals surface area (Å²) in [4.78, 5) is 20.3. The summed E-state index contributed by atoms with van der Waals surface area (Å²) >= 11 is 0. The van der Waals surface area contributed by atoms with Crippen molar-refractivity contribution in [3.8, 4) is 0 Å². The molecule has 0 aromatic carbocycles. The molecule has 0 aliphatic rings. The van der Waals surface area contributed by atoms with Crippen molar-refractivity contribution < 1.29 is 21.2 Å². The van der Waals surface area contributed by atoms with Crippen LogP contribution in [0.2, 0.25) is 0 Å². The average molecular weight is 161 g/mol. The standard InChI is InChI=1S/C6H10NO4/c1-3(7)4(6(10)11)2-5(8)9/h2-4H,7H2,1H3,(H,8,9)(H,10,11)/p+1. The van der Waals surface area contributed by atoms with Crippen LogP contribution < -0.4 is 5.73 Å². The Morgan fingerprint density at radius 3 is 2.09 bits per heavy atom. The van der Waals surface area contributed by atoms with Gasteiger partial charge in [0, 0.05) is 6.04 Å². The van der Waals surface area contributed by atoms with E-state index < -0.39 is 23.9 Å². The SMILES string of the molecule is CC(N)C([CH]C(=O)O)C(=O)O.[H+]. The van der Waals surface area contributed by atoms with Crippen molar-refractivity contribution in [2.45, 2.75) is 13.0 Å². The molecule has 0 bridgehead atoms. The van der Waals surface area contributed by atoms with E-state index in [2.05, 4.69) is 0 Å². The molecule has 0 aliphatic carbocycles. The Morgan fingerprint density at radius 2 is 2.00 bits per heavy atom. The molecule has 0 heterocycles. The second kappa shape index (κ2) is 3.92. The van der Waals surface area contributed by atoms with Crippen molar-refractivity contribution in [1.82, 2.24) is 0 Å². The molecule has 0 aliphatic heterocycles. The highest BCUT2D eigenvalue weighted by molar-refractivity contribution is 5.85. The van der Waals surface area contributed by atoms with Gasteiger partial charge in [-0.1, -0.05) is 0 Å². The second-order valence-electron chi connectivity index (χ2n) is 2.23. The Labute approximate surface area is 65.3 Å². The van der Waals surface area contributed by atoms with Crippen molar-refractivity contribution in [3.05, 3.63) is 6.42 Å². The molecule has 0 rings (SSSR count). The van der Waals surface area contributed by atoms with Crippen molar-refractivity contribution in [3.63, 3.8) is 0 Å². The topological polar surface area (TPSA) is 101 Å². The third-order valence-corrected chi connectivity index (χ3v) is 1.17. The number of hydrogen-bond donors (Lipinski definition) is 3. The van der Waals surface area contributed by atoms with Crippen molar-refractivity contribution in [2.75, 3.05) is 0 Å². The Hall–Kier alpha value is -1.10. The van der Waals surface area contributed by atoms with Crippen LogP contribution in [0.15, 0.2) is 0 Å². The van der Waals surface area contributed by atoms with E-state index in [1.165, 1.54) is 6.92 Å². The smallest absolute Gasteiger partial charge is 0.481 e. The first-order valence-electron chi connectivity index (χ1n) is 3.01. The summed E-state index contributed by atoms with van der Waals surface area (Å²) in [5.41, 5.74) is 5.21. The van der Waals surface area contributed by atoms with E-state index in [0.29, 0.717) is 6.42 Å². The molecule has 11 heavy (non-hydrogen) atoms. The summed E-state index contributed by atoms with van der Waals surface area (Å²) < 4.78 is 0. The van der Waals surface area contributed by atoms with Gasteiger partial charge in [-0.15, -0.1) is 0 Å². The first kappa shape index (κ1) is 9.90. The van der Waals surface area contributed by atoms with Gasteiger partial charge in [-0.05, 0) is 6.92 Å². The van der Waals surface area contributed by atoms with E-state index in [9.17, 15) is 9.59 Å². The molecule has 0 saturated carbocycles. The van der Waals surface area contributed by atoms with E-state index in [1.807, 2.05) is 0 Å². The first-order chi connectivity index (χ1) is 4.95. The highest BCUT2D eigenvalue weighted by Crippen LogP contribution is 2.05. The number of carboxylic acids is 2. The van der Waals surface area contributed by atoms with Gasteiger partial charge < -0.3 is 15.9 Å². The zero-order chi connectivity index (χ0) is 9.02. The lowest BCUT2D eigenvalue weighted by Crippen LogP contribution is -2.34. The van der Waals surface area contributed by atoms with Gasteiger partial charge in [-0.3, -0.25) is 9.59 Å². The summed E-state index contributed by atoms with van der Waals surface area (Å²) in [6, 6.07) is -0.691. The maximum absolute atomic E-state index is 10.3. The Morgan fingerprint density at radius 1 is 1.55 bits per heavy atom. The monoisotopic (exact) mass is 161 g/mol. The molecule has 0 amide bonds. The van der Waals surface area contributed by atoms with Gasteiger partial charge in [-0.2, -0.15) is 0 Å². The minimum absolute atomic E-state index is 0. The van der Waals surface area contributed by atoms with Crippen molar-refractivity contribution in [1.29, 1.82) is 0 Å². The van der Waals surface area contributed by atoms with Crippen LogP contribution in [-0.2, 0) is 9.59 Å². The Bertz CT molecular complexity index is 171. The first-order valence-corrected chi connectivity index (χ1v) is 3.01. The molecule has 4 N–H and O–H groups in total. The quantitative estimate of drug-likeness (QED) is 0.513. The van der Waals surface area contributed by atoms with Crippen LogP contribution in [0.3, 0.4) is 0 Å². The van der Waals surface area contributed by atoms with Gasteiger partial charge in [0.1, 0.15) is 0 Å². The molecular formula is C6H11NO4+. The van der Waals surface area contributed by atoms with Crippen LogP contribution >= 0.6 is 0 Å². The minimum atomic E-state index is -1.27. The number of hydrogen-bond acceptors (Lipinski definition) is 3. The van der Waals surface area contributed by atoms with Crippen molar-refractivity contribution >= 4 is 11.9 Å². The maximum Gasteiger partial charge on any atom is 1.00 e. The molecule has 0 spiro atoms. The fourth-order valence-electron chi connectivity index (χ4n) is 0.602. The predicted octanol–water partition coefficient (Wildman–Crippen LogP) is -0.564. The van der Waals surface area contributed by atoms with Gasteiger partial charge in [0.05, 0.1) is 12.3 Å². The predicted molar refractivity (Wildman–Crippen MR) is 37.8 cm³/mol. The number of aliphatic carboxylic acids is 2. The zero-order valence-corrected chi connectivity index (χ0v) is 6.02. The van der Waals surface area contributed by atoms with Crippen LogP contribution in [-0.4, -0.2) is 28.2 Å². The molecule has 63 valence electrons. The van der Waals surface area contributed by atoms with E-state index in [-0.39, 0.29) is 1.43 Å². The van der Waals surface area contributed by atoms with E-state index in [4.69, 9.17) is 15.9 Å². The van der Waals surface area contributed by atoms with Crippen LogP contribution in [0.25, 0.3) is 0 Å². The van der Waals surface area contributed by atoms with Gasteiger partial charge in [0.2, 0.25) is 0 Å². The molecule has 1 radical (unpaired) electrons. The summed E-state index contributed by atoms with van der Waals surface area (Å²) in [7, 11) is 0. The average Bonchev–Trinajstić information content (AvgIpc) is 1.81. The van der Waals surface area contributed by atoms with Crippen LogP contribution in [0.4, 0.5) is 0 Å². The Balaban J connectivity index is 0. The molecular weight excluding hydrogens is 150 g/mol. The third kappa shape index (κ3) is 3.57. The summed E-state index contributed by atoms with van der Waals surface area (Å²) in [6.45, 7) is 1.44. The van der Waals surface area contributed by atoms with Crippen LogP contribution in [0.1, 0.15) is 8.35 Å². The number of rotatable bonds is 4. The maximum atomic E-state index is 10.3. The van der Waals surface area contributed by atoms with Gasteiger partial charge in [0.25, 0.3) is 0 Å². The van der Waals surface area contributed by atoms with Crippen LogP contribution in [0.5, 0.6) is 0 Å². The highest BCUT2D eigenvalue weighted by Gasteiger charge is 2.24. The zero-order valence-electron chi connectivity index (χ0n) is 7.02. The Kier molecular flexibility index (Phi) is 3.53. The molecule has 0 fully saturated rings. The van der Waals surface area contributed by atoms with Gasteiger partial charge >= 0.3 is 13.4 Å². The lowest BCUT2D eigenvalue weighted by molar-refractivity contribution is -0.144. The van der Waals surface area contributed by atoms with Crippen LogP contribution in [0, 0.1) is 12.3 Å². The fourth-order valence-corrected chi connectivity index (χ4v) is 0.602. The molecule has 0 aromatic rings. The number of carbonyl (C=O) groups is 2. The summed E-state index contributed by atoms with van der Waals surface area (Å²) in [5.74, 6) is -3.61. The van der Waals surface area contributed by atoms with E-state index in [0.717, 1.165) is 0 Å². The highest BCUT2D eigenvalue weighted by atomic mass is 16.4. The van der Waals surface area contributed by atoms with E-state index in [1.54, 1.807) is 0 Å².